The average molecular weight is 376 g/mol. The van der Waals surface area contributed by atoms with Crippen LogP contribution in [0.5, 0.6) is 0 Å². The van der Waals surface area contributed by atoms with Crippen LogP contribution >= 0.6 is 24.8 Å². The van der Waals surface area contributed by atoms with E-state index in [0.717, 1.165) is 31.8 Å². The third-order valence-electron chi connectivity index (χ3n) is 4.48. The molecule has 2 rings (SSSR count). The van der Waals surface area contributed by atoms with Gasteiger partial charge in [-0.3, -0.25) is 4.79 Å². The summed E-state index contributed by atoms with van der Waals surface area (Å²) >= 11 is 0. The van der Waals surface area contributed by atoms with Crippen LogP contribution in [0.3, 0.4) is 0 Å². The first kappa shape index (κ1) is 23.2. The fraction of sp³-hybridized carbons (Fsp3) is 0.611. The molecular weight excluding hydrogens is 345 g/mol. The van der Waals surface area contributed by atoms with E-state index in [0.29, 0.717) is 0 Å². The van der Waals surface area contributed by atoms with Crippen LogP contribution in [-0.2, 0) is 11.2 Å². The normalized spacial score (nSPS) is 15.2. The Morgan fingerprint density at radius 1 is 1.12 bits per heavy atom. The number of nitrogens with two attached hydrogens (primary N) is 1. The number of carbonyl (C=O) groups excluding carboxylic acids is 1. The number of hydrogen-bond acceptors (Lipinski definition) is 3. The Hall–Kier alpha value is -0.810. The summed E-state index contributed by atoms with van der Waals surface area (Å²) in [5, 5.41) is 2.82. The molecule has 1 aromatic carbocycles. The van der Waals surface area contributed by atoms with Gasteiger partial charge >= 0.3 is 0 Å². The molecule has 0 radical (unpaired) electrons. The van der Waals surface area contributed by atoms with Gasteiger partial charge in [0.25, 0.3) is 0 Å². The van der Waals surface area contributed by atoms with Gasteiger partial charge in [0.05, 0.1) is 6.54 Å². The van der Waals surface area contributed by atoms with E-state index in [2.05, 4.69) is 40.5 Å². The van der Waals surface area contributed by atoms with Gasteiger partial charge in [0.2, 0.25) is 5.91 Å². The molecule has 6 heteroatoms. The maximum absolute atomic E-state index is 11.0. The molecule has 0 aromatic heterocycles. The predicted molar refractivity (Wildman–Crippen MR) is 105 cm³/mol. The zero-order valence-corrected chi connectivity index (χ0v) is 15.9. The number of piperidine rings is 1. The summed E-state index contributed by atoms with van der Waals surface area (Å²) in [5.41, 5.74) is 6.72. The van der Waals surface area contributed by atoms with E-state index < -0.39 is 0 Å². The molecule has 1 aliphatic rings. The Bertz CT molecular complexity index is 437. The minimum absolute atomic E-state index is 0. The van der Waals surface area contributed by atoms with E-state index in [9.17, 15) is 4.79 Å². The van der Waals surface area contributed by atoms with Crippen molar-refractivity contribution in [2.45, 2.75) is 32.1 Å². The van der Waals surface area contributed by atoms with Crippen LogP contribution in [0.1, 0.15) is 31.2 Å². The molecule has 3 N–H and O–H groups in total. The minimum atomic E-state index is -0.0540. The van der Waals surface area contributed by atoms with Crippen molar-refractivity contribution in [3.8, 4) is 0 Å². The SMILES string of the molecule is Cl.Cl.NCC(=O)NCCCCN1CCC(Cc2ccccc2)CC1. The van der Waals surface area contributed by atoms with Crippen molar-refractivity contribution in [2.24, 2.45) is 11.7 Å². The van der Waals surface area contributed by atoms with Crippen molar-refractivity contribution in [2.75, 3.05) is 32.7 Å². The lowest BCUT2D eigenvalue weighted by Crippen LogP contribution is -2.35. The second-order valence-electron chi connectivity index (χ2n) is 6.24. The number of carbonyl (C=O) groups is 1. The van der Waals surface area contributed by atoms with Gasteiger partial charge in [-0.1, -0.05) is 30.3 Å². The lowest BCUT2D eigenvalue weighted by atomic mass is 9.90. The van der Waals surface area contributed by atoms with Gasteiger partial charge in [-0.05, 0) is 63.2 Å². The highest BCUT2D eigenvalue weighted by Gasteiger charge is 2.18. The van der Waals surface area contributed by atoms with Gasteiger partial charge in [0, 0.05) is 6.54 Å². The summed E-state index contributed by atoms with van der Waals surface area (Å²) in [6.45, 7) is 4.42. The van der Waals surface area contributed by atoms with Gasteiger partial charge in [0.1, 0.15) is 0 Å². The quantitative estimate of drug-likeness (QED) is 0.686. The van der Waals surface area contributed by atoms with E-state index >= 15 is 0 Å². The number of rotatable bonds is 8. The molecule has 0 saturated carbocycles. The van der Waals surface area contributed by atoms with Gasteiger partial charge in [-0.25, -0.2) is 0 Å². The summed E-state index contributed by atoms with van der Waals surface area (Å²) in [6.07, 6.45) is 6.02. The Labute approximate surface area is 158 Å². The zero-order valence-electron chi connectivity index (χ0n) is 14.3. The van der Waals surface area contributed by atoms with Crippen molar-refractivity contribution in [1.29, 1.82) is 0 Å². The van der Waals surface area contributed by atoms with Crippen LogP contribution in [0.4, 0.5) is 0 Å². The molecule has 0 unspecified atom stereocenters. The van der Waals surface area contributed by atoms with Gasteiger partial charge < -0.3 is 16.0 Å². The second-order valence-corrected chi connectivity index (χ2v) is 6.24. The molecule has 1 fully saturated rings. The van der Waals surface area contributed by atoms with Crippen LogP contribution in [0.15, 0.2) is 30.3 Å². The highest BCUT2D eigenvalue weighted by molar-refractivity contribution is 5.85. The number of halogens is 2. The highest BCUT2D eigenvalue weighted by atomic mass is 35.5. The number of hydrogen-bond donors (Lipinski definition) is 2. The van der Waals surface area contributed by atoms with Crippen molar-refractivity contribution < 1.29 is 4.79 Å². The molecule has 0 atom stereocenters. The van der Waals surface area contributed by atoms with E-state index in [1.807, 2.05) is 0 Å². The molecule has 0 bridgehead atoms. The third-order valence-corrected chi connectivity index (χ3v) is 4.48. The molecular formula is C18H31Cl2N3O. The van der Waals surface area contributed by atoms with Crippen LogP contribution < -0.4 is 11.1 Å². The zero-order chi connectivity index (χ0) is 15.6. The minimum Gasteiger partial charge on any atom is -0.355 e. The van der Waals surface area contributed by atoms with Gasteiger partial charge in [-0.15, -0.1) is 24.8 Å². The molecule has 1 aromatic rings. The maximum Gasteiger partial charge on any atom is 0.233 e. The number of benzene rings is 1. The Morgan fingerprint density at radius 3 is 2.42 bits per heavy atom. The summed E-state index contributed by atoms with van der Waals surface area (Å²) in [7, 11) is 0. The first-order chi connectivity index (χ1) is 10.8. The molecule has 1 heterocycles. The lowest BCUT2D eigenvalue weighted by Gasteiger charge is -2.32. The number of unbranched alkanes of at least 4 members (excludes halogenated alkanes) is 1. The molecule has 1 aliphatic heterocycles. The van der Waals surface area contributed by atoms with Crippen LogP contribution in [0, 0.1) is 5.92 Å². The van der Waals surface area contributed by atoms with Crippen molar-refractivity contribution in [1.82, 2.24) is 10.2 Å². The first-order valence-electron chi connectivity index (χ1n) is 8.51. The summed E-state index contributed by atoms with van der Waals surface area (Å²) in [5.74, 6) is 0.782. The smallest absolute Gasteiger partial charge is 0.233 e. The van der Waals surface area contributed by atoms with Crippen molar-refractivity contribution >= 4 is 30.7 Å². The predicted octanol–water partition coefficient (Wildman–Crippen LogP) is 2.64. The molecule has 24 heavy (non-hydrogen) atoms. The Kier molecular flexibility index (Phi) is 13.0. The topological polar surface area (TPSA) is 58.4 Å². The molecule has 0 aliphatic carbocycles. The molecule has 138 valence electrons. The lowest BCUT2D eigenvalue weighted by molar-refractivity contribution is -0.119. The second kappa shape index (κ2) is 13.5. The molecule has 1 saturated heterocycles. The molecule has 4 nitrogen and oxygen atoms in total. The van der Waals surface area contributed by atoms with E-state index in [4.69, 9.17) is 5.73 Å². The Balaban J connectivity index is 0.00000264. The standard InChI is InChI=1S/C18H29N3O.2ClH/c19-15-18(22)20-10-4-5-11-21-12-8-17(9-13-21)14-16-6-2-1-3-7-16;;/h1-3,6-7,17H,4-5,8-15,19H2,(H,20,22);2*1H. The monoisotopic (exact) mass is 375 g/mol. The highest BCUT2D eigenvalue weighted by Crippen LogP contribution is 2.21. The fourth-order valence-corrected chi connectivity index (χ4v) is 3.12. The van der Waals surface area contributed by atoms with Crippen LogP contribution in [0.25, 0.3) is 0 Å². The number of likely N-dealkylation sites (tertiary alicyclic amines) is 1. The van der Waals surface area contributed by atoms with E-state index in [1.165, 1.54) is 37.9 Å². The molecule has 1 amide bonds. The Morgan fingerprint density at radius 2 is 1.79 bits per heavy atom. The summed E-state index contributed by atoms with van der Waals surface area (Å²) in [4.78, 5) is 13.6. The van der Waals surface area contributed by atoms with E-state index in [1.54, 1.807) is 0 Å². The number of nitrogens with one attached hydrogen (secondary N) is 1. The van der Waals surface area contributed by atoms with Gasteiger partial charge in [0.15, 0.2) is 0 Å². The average Bonchev–Trinajstić information content (AvgIpc) is 2.57. The first-order valence-corrected chi connectivity index (χ1v) is 8.51. The van der Waals surface area contributed by atoms with Gasteiger partial charge in [-0.2, -0.15) is 0 Å². The maximum atomic E-state index is 11.0. The van der Waals surface area contributed by atoms with Crippen molar-refractivity contribution in [3.63, 3.8) is 0 Å². The number of nitrogens with zero attached hydrogens (tertiary/aromatic N) is 1. The molecule has 0 spiro atoms. The number of amides is 1. The summed E-state index contributed by atoms with van der Waals surface area (Å²) < 4.78 is 0. The summed E-state index contributed by atoms with van der Waals surface area (Å²) in [6, 6.07) is 10.8. The van der Waals surface area contributed by atoms with Crippen LogP contribution in [-0.4, -0.2) is 43.5 Å². The van der Waals surface area contributed by atoms with E-state index in [-0.39, 0.29) is 37.3 Å². The largest absolute Gasteiger partial charge is 0.355 e. The van der Waals surface area contributed by atoms with Crippen molar-refractivity contribution in [3.05, 3.63) is 35.9 Å². The third kappa shape index (κ3) is 8.88. The van der Waals surface area contributed by atoms with Crippen LogP contribution in [0.2, 0.25) is 0 Å². The fourth-order valence-electron chi connectivity index (χ4n) is 3.12.